The van der Waals surface area contributed by atoms with Crippen LogP contribution in [0.3, 0.4) is 0 Å². The first-order valence-corrected chi connectivity index (χ1v) is 7.83. The molecule has 0 saturated carbocycles. The third-order valence-corrected chi connectivity index (χ3v) is 4.24. The second-order valence-corrected chi connectivity index (χ2v) is 5.82. The lowest BCUT2D eigenvalue weighted by atomic mass is 9.91. The van der Waals surface area contributed by atoms with Crippen molar-refractivity contribution in [3.63, 3.8) is 0 Å². The van der Waals surface area contributed by atoms with Crippen molar-refractivity contribution in [2.45, 2.75) is 26.3 Å². The number of pyridine rings is 1. The number of nitrogens with zero attached hydrogens (tertiary/aromatic N) is 3. The average Bonchev–Trinajstić information content (AvgIpc) is 2.55. The Bertz CT molecular complexity index is 762. The van der Waals surface area contributed by atoms with E-state index in [0.717, 1.165) is 54.9 Å². The number of nitrogen functional groups attached to an aromatic ring is 1. The fraction of sp³-hybridized carbons (Fsp3) is 0.333. The van der Waals surface area contributed by atoms with Crippen LogP contribution in [0.4, 0.5) is 10.2 Å². The monoisotopic (exact) mass is 310 g/mol. The minimum absolute atomic E-state index is 0.259. The first-order chi connectivity index (χ1) is 11.1. The predicted octanol–water partition coefficient (Wildman–Crippen LogP) is 3.11. The van der Waals surface area contributed by atoms with Gasteiger partial charge in [0.25, 0.3) is 0 Å². The molecule has 1 aliphatic rings. The molecule has 0 spiro atoms. The second-order valence-electron chi connectivity index (χ2n) is 5.82. The van der Waals surface area contributed by atoms with E-state index in [-0.39, 0.29) is 11.6 Å². The van der Waals surface area contributed by atoms with Crippen molar-refractivity contribution in [3.05, 3.63) is 46.9 Å². The highest BCUT2D eigenvalue weighted by atomic mass is 19.1. The predicted molar refractivity (Wildman–Crippen MR) is 88.0 cm³/mol. The minimum Gasteiger partial charge on any atom is -0.383 e. The Labute approximate surface area is 135 Å². The number of nitrogens with two attached hydrogens (primary N) is 1. The largest absolute Gasteiger partial charge is 0.383 e. The van der Waals surface area contributed by atoms with Crippen LogP contribution in [0, 0.1) is 17.1 Å². The number of hydrogen-bond acceptors (Lipinski definition) is 4. The second kappa shape index (κ2) is 6.35. The summed E-state index contributed by atoms with van der Waals surface area (Å²) in [6, 6.07) is 8.39. The number of fused-ring (bicyclic) bond motifs is 1. The van der Waals surface area contributed by atoms with Gasteiger partial charge in [-0.05, 0) is 36.2 Å². The molecule has 4 nitrogen and oxygen atoms in total. The minimum atomic E-state index is -0.296. The number of halogens is 1. The van der Waals surface area contributed by atoms with Crippen molar-refractivity contribution >= 4 is 5.82 Å². The van der Waals surface area contributed by atoms with Gasteiger partial charge in [-0.25, -0.2) is 9.37 Å². The fourth-order valence-corrected chi connectivity index (χ4v) is 3.19. The maximum Gasteiger partial charge on any atom is 0.142 e. The van der Waals surface area contributed by atoms with E-state index in [2.05, 4.69) is 22.9 Å². The van der Waals surface area contributed by atoms with Crippen LogP contribution in [0.2, 0.25) is 0 Å². The lowest BCUT2D eigenvalue weighted by Crippen LogP contribution is -2.32. The van der Waals surface area contributed by atoms with Gasteiger partial charge in [-0.1, -0.05) is 19.1 Å². The molecule has 23 heavy (non-hydrogen) atoms. The van der Waals surface area contributed by atoms with E-state index in [1.807, 2.05) is 0 Å². The molecular weight excluding hydrogens is 291 g/mol. The van der Waals surface area contributed by atoms with Crippen molar-refractivity contribution in [1.82, 2.24) is 9.88 Å². The van der Waals surface area contributed by atoms with Gasteiger partial charge in [-0.2, -0.15) is 5.26 Å². The molecule has 1 aromatic carbocycles. The Kier molecular flexibility index (Phi) is 4.26. The molecule has 2 heterocycles. The third kappa shape index (κ3) is 2.90. The smallest absolute Gasteiger partial charge is 0.142 e. The highest BCUT2D eigenvalue weighted by molar-refractivity contribution is 5.79. The average molecular weight is 310 g/mol. The van der Waals surface area contributed by atoms with E-state index in [1.165, 1.54) is 12.1 Å². The number of anilines is 1. The lowest BCUT2D eigenvalue weighted by molar-refractivity contribution is 0.253. The number of benzene rings is 1. The molecule has 0 aliphatic carbocycles. The topological polar surface area (TPSA) is 65.9 Å². The SMILES string of the molecule is CCCN1CCc2nc(N)c(C#N)c(-c3ccc(F)cc3)c2C1. The molecule has 118 valence electrons. The Morgan fingerprint density at radius 1 is 1.35 bits per heavy atom. The van der Waals surface area contributed by atoms with Gasteiger partial charge < -0.3 is 5.73 Å². The maximum atomic E-state index is 13.3. The molecule has 2 N–H and O–H groups in total. The molecule has 0 fully saturated rings. The van der Waals surface area contributed by atoms with Crippen molar-refractivity contribution in [2.24, 2.45) is 0 Å². The first-order valence-electron chi connectivity index (χ1n) is 7.83. The van der Waals surface area contributed by atoms with E-state index >= 15 is 0 Å². The van der Waals surface area contributed by atoms with E-state index in [4.69, 9.17) is 5.73 Å². The Hall–Kier alpha value is -2.45. The zero-order chi connectivity index (χ0) is 16.4. The third-order valence-electron chi connectivity index (χ3n) is 4.24. The quantitative estimate of drug-likeness (QED) is 0.946. The summed E-state index contributed by atoms with van der Waals surface area (Å²) in [7, 11) is 0. The molecule has 0 bridgehead atoms. The van der Waals surface area contributed by atoms with E-state index < -0.39 is 0 Å². The van der Waals surface area contributed by atoms with Crippen molar-refractivity contribution in [1.29, 1.82) is 5.26 Å². The molecule has 5 heteroatoms. The molecule has 0 saturated heterocycles. The van der Waals surface area contributed by atoms with Gasteiger partial charge in [-0.15, -0.1) is 0 Å². The van der Waals surface area contributed by atoms with Crippen molar-refractivity contribution in [2.75, 3.05) is 18.8 Å². The lowest BCUT2D eigenvalue weighted by Gasteiger charge is -2.30. The van der Waals surface area contributed by atoms with Crippen LogP contribution in [0.1, 0.15) is 30.2 Å². The van der Waals surface area contributed by atoms with Gasteiger partial charge in [-0.3, -0.25) is 4.90 Å². The van der Waals surface area contributed by atoms with Crippen LogP contribution < -0.4 is 5.73 Å². The number of nitriles is 1. The molecule has 2 aromatic rings. The van der Waals surface area contributed by atoms with Gasteiger partial charge in [0.1, 0.15) is 23.3 Å². The summed E-state index contributed by atoms with van der Waals surface area (Å²) in [6.07, 6.45) is 1.90. The Morgan fingerprint density at radius 2 is 2.09 bits per heavy atom. The van der Waals surface area contributed by atoms with E-state index in [9.17, 15) is 9.65 Å². The van der Waals surface area contributed by atoms with Crippen molar-refractivity contribution in [3.8, 4) is 17.2 Å². The molecule has 0 unspecified atom stereocenters. The Balaban J connectivity index is 2.18. The van der Waals surface area contributed by atoms with Crippen LogP contribution in [-0.2, 0) is 13.0 Å². The first kappa shape index (κ1) is 15.4. The van der Waals surface area contributed by atoms with Crippen molar-refractivity contribution < 1.29 is 4.39 Å². The fourth-order valence-electron chi connectivity index (χ4n) is 3.19. The number of hydrogen-bond donors (Lipinski definition) is 1. The van der Waals surface area contributed by atoms with Gasteiger partial charge in [0.2, 0.25) is 0 Å². The summed E-state index contributed by atoms with van der Waals surface area (Å²) in [4.78, 5) is 6.79. The van der Waals surface area contributed by atoms with Gasteiger partial charge >= 0.3 is 0 Å². The van der Waals surface area contributed by atoms with E-state index in [1.54, 1.807) is 12.1 Å². The van der Waals surface area contributed by atoms with Gasteiger partial charge in [0.15, 0.2) is 0 Å². The van der Waals surface area contributed by atoms with Crippen LogP contribution in [0.5, 0.6) is 0 Å². The highest BCUT2D eigenvalue weighted by Gasteiger charge is 2.24. The standard InChI is InChI=1S/C18H19FN4/c1-2-8-23-9-7-16-15(11-23)17(14(10-20)18(21)22-16)12-3-5-13(19)6-4-12/h3-6H,2,7-9,11H2,1H3,(H2,21,22). The molecule has 0 amide bonds. The molecule has 1 aromatic heterocycles. The normalized spacial score (nSPS) is 14.3. The maximum absolute atomic E-state index is 13.3. The van der Waals surface area contributed by atoms with Crippen LogP contribution in [0.15, 0.2) is 24.3 Å². The molecule has 0 radical (unpaired) electrons. The molecule has 3 rings (SSSR count). The van der Waals surface area contributed by atoms with Crippen LogP contribution >= 0.6 is 0 Å². The molecule has 0 atom stereocenters. The van der Waals surface area contributed by atoms with Gasteiger partial charge in [0.05, 0.1) is 0 Å². The van der Waals surface area contributed by atoms with E-state index in [0.29, 0.717) is 5.56 Å². The number of aromatic nitrogens is 1. The van der Waals surface area contributed by atoms with Gasteiger partial charge in [0, 0.05) is 30.8 Å². The summed E-state index contributed by atoms with van der Waals surface area (Å²) in [6.45, 7) is 4.85. The summed E-state index contributed by atoms with van der Waals surface area (Å²) >= 11 is 0. The number of rotatable bonds is 3. The molecular formula is C18H19FN4. The summed E-state index contributed by atoms with van der Waals surface area (Å²) in [5.41, 5.74) is 9.99. The summed E-state index contributed by atoms with van der Waals surface area (Å²) in [5, 5.41) is 9.53. The zero-order valence-corrected chi connectivity index (χ0v) is 13.1. The molecule has 1 aliphatic heterocycles. The zero-order valence-electron chi connectivity index (χ0n) is 13.1. The summed E-state index contributed by atoms with van der Waals surface area (Å²) in [5.74, 6) is -0.0368. The summed E-state index contributed by atoms with van der Waals surface area (Å²) < 4.78 is 13.3. The highest BCUT2D eigenvalue weighted by Crippen LogP contribution is 2.35. The Morgan fingerprint density at radius 3 is 2.74 bits per heavy atom. The van der Waals surface area contributed by atoms with Crippen LogP contribution in [0.25, 0.3) is 11.1 Å². The van der Waals surface area contributed by atoms with Crippen LogP contribution in [-0.4, -0.2) is 23.0 Å².